The van der Waals surface area contributed by atoms with Crippen LogP contribution in [0.2, 0.25) is 0 Å². The van der Waals surface area contributed by atoms with Crippen molar-refractivity contribution in [3.05, 3.63) is 30.1 Å². The Hall–Kier alpha value is -1.38. The quantitative estimate of drug-likeness (QED) is 0.435. The molecule has 0 bridgehead atoms. The highest BCUT2D eigenvalue weighted by Crippen LogP contribution is 2.32. The van der Waals surface area contributed by atoms with E-state index in [-0.39, 0.29) is 36.6 Å². The lowest BCUT2D eigenvalue weighted by molar-refractivity contribution is -0.0408. The predicted octanol–water partition coefficient (Wildman–Crippen LogP) is 4.30. The third-order valence-corrected chi connectivity index (χ3v) is 6.56. The van der Waals surface area contributed by atoms with Crippen molar-refractivity contribution in [2.45, 2.75) is 71.1 Å². The first kappa shape index (κ1) is 30.7. The Balaban J connectivity index is 0.00000289. The normalized spacial score (nSPS) is 18.9. The smallest absolute Gasteiger partial charge is 0.290 e. The van der Waals surface area contributed by atoms with Crippen molar-refractivity contribution in [2.24, 2.45) is 5.92 Å². The molecule has 2 N–H and O–H groups in total. The summed E-state index contributed by atoms with van der Waals surface area (Å²) in [6.45, 7) is 9.75. The topological polar surface area (TPSA) is 79.6 Å². The molecule has 0 saturated carbocycles. The van der Waals surface area contributed by atoms with E-state index in [1.54, 1.807) is 7.11 Å². The van der Waals surface area contributed by atoms with E-state index in [2.05, 4.69) is 23.7 Å². The number of carbonyl (C=O) groups excluding carboxylic acids is 1. The van der Waals surface area contributed by atoms with Gasteiger partial charge in [-0.3, -0.25) is 4.79 Å². The Morgan fingerprint density at radius 2 is 2.03 bits per heavy atom. The third kappa shape index (κ3) is 6.64. The van der Waals surface area contributed by atoms with Gasteiger partial charge in [-0.15, -0.1) is 24.8 Å². The van der Waals surface area contributed by atoms with Crippen molar-refractivity contribution in [1.82, 2.24) is 19.8 Å². The van der Waals surface area contributed by atoms with Gasteiger partial charge >= 0.3 is 0 Å². The van der Waals surface area contributed by atoms with Crippen molar-refractivity contribution in [3.8, 4) is 0 Å². The number of unbranched alkanes of at least 4 members (excludes halogenated alkanes) is 1. The lowest BCUT2D eigenvalue weighted by Crippen LogP contribution is -2.66. The average Bonchev–Trinajstić information content (AvgIpc) is 3.18. The number of hydrogen-bond acceptors (Lipinski definition) is 5. The molecule has 1 aliphatic heterocycles. The first-order chi connectivity index (χ1) is 15.4. The fourth-order valence-electron chi connectivity index (χ4n) is 4.92. The predicted molar refractivity (Wildman–Crippen MR) is 142 cm³/mol. The number of halogens is 2. The molecule has 0 unspecified atom stereocenters. The van der Waals surface area contributed by atoms with Crippen LogP contribution in [0, 0.1) is 5.92 Å². The number of aliphatic hydroxyl groups is 1. The Morgan fingerprint density at radius 1 is 1.29 bits per heavy atom. The van der Waals surface area contributed by atoms with Crippen LogP contribution < -0.4 is 5.32 Å². The average molecular weight is 518 g/mol. The molecular formula is C25H42Cl2N4O3. The second-order valence-corrected chi connectivity index (χ2v) is 9.39. The standard InChI is InChI=1S/C25H40N4O3.2ClH/c1-5-22(30)25(13-10-14-26-18-25)29(17-19(2)3)24(31)23-27-20-11-6-7-12-21(20)28(23)15-8-9-16-32-4;;/h6-7,11-12,19,22,26,30H,5,8-10,13-18H2,1-4H3;2*1H/t22-,25-;;/m1../s1. The number of aliphatic hydroxyl groups excluding tert-OH is 1. The Morgan fingerprint density at radius 3 is 2.65 bits per heavy atom. The summed E-state index contributed by atoms with van der Waals surface area (Å²) in [7, 11) is 1.71. The van der Waals surface area contributed by atoms with Gasteiger partial charge in [0.25, 0.3) is 5.91 Å². The number of rotatable bonds is 11. The van der Waals surface area contributed by atoms with Crippen LogP contribution in [0.3, 0.4) is 0 Å². The van der Waals surface area contributed by atoms with Crippen LogP contribution in [0.15, 0.2) is 24.3 Å². The SMILES string of the molecule is CC[C@@H](O)[C@@]1(N(CC(C)C)C(=O)c2nc3ccccc3n2CCCCOC)CCCNC1.Cl.Cl. The van der Waals surface area contributed by atoms with Crippen molar-refractivity contribution < 1.29 is 14.6 Å². The number of ether oxygens (including phenoxy) is 1. The van der Waals surface area contributed by atoms with Gasteiger partial charge in [0.05, 0.1) is 22.7 Å². The fourth-order valence-corrected chi connectivity index (χ4v) is 4.92. The van der Waals surface area contributed by atoms with Crippen LogP contribution in [0.1, 0.15) is 63.5 Å². The lowest BCUT2D eigenvalue weighted by atomic mass is 9.80. The highest BCUT2D eigenvalue weighted by Gasteiger charge is 2.47. The van der Waals surface area contributed by atoms with E-state index in [0.29, 0.717) is 38.5 Å². The van der Waals surface area contributed by atoms with Gasteiger partial charge in [0, 0.05) is 33.4 Å². The van der Waals surface area contributed by atoms with Crippen LogP contribution in [0.4, 0.5) is 0 Å². The number of methoxy groups -OCH3 is 1. The Labute approximate surface area is 216 Å². The minimum Gasteiger partial charge on any atom is -0.391 e. The molecule has 2 heterocycles. The number of nitrogens with zero attached hydrogens (tertiary/aromatic N) is 3. The number of aromatic nitrogens is 2. The van der Waals surface area contributed by atoms with E-state index in [1.165, 1.54) is 0 Å². The number of benzene rings is 1. The minimum atomic E-state index is -0.618. The minimum absolute atomic E-state index is 0. The molecule has 0 radical (unpaired) electrons. The summed E-state index contributed by atoms with van der Waals surface area (Å²) in [4.78, 5) is 20.9. The summed E-state index contributed by atoms with van der Waals surface area (Å²) in [6, 6.07) is 7.94. The van der Waals surface area contributed by atoms with E-state index in [1.807, 2.05) is 36.1 Å². The number of nitrogens with one attached hydrogen (secondary N) is 1. The maximum absolute atomic E-state index is 14.2. The number of fused-ring (bicyclic) bond motifs is 1. The van der Waals surface area contributed by atoms with Crippen LogP contribution in [0.5, 0.6) is 0 Å². The molecule has 3 rings (SSSR count). The molecule has 9 heteroatoms. The van der Waals surface area contributed by atoms with Crippen molar-refractivity contribution >= 4 is 41.8 Å². The molecule has 194 valence electrons. The first-order valence-electron chi connectivity index (χ1n) is 12.1. The van der Waals surface area contributed by atoms with Crippen molar-refractivity contribution in [1.29, 1.82) is 0 Å². The van der Waals surface area contributed by atoms with Gasteiger partial charge in [0.1, 0.15) is 0 Å². The molecule has 2 atom stereocenters. The van der Waals surface area contributed by atoms with E-state index < -0.39 is 11.6 Å². The van der Waals surface area contributed by atoms with Gasteiger partial charge < -0.3 is 24.6 Å². The number of aryl methyl sites for hydroxylation is 1. The summed E-state index contributed by atoms with van der Waals surface area (Å²) in [5.41, 5.74) is 1.19. The molecule has 34 heavy (non-hydrogen) atoms. The molecule has 0 spiro atoms. The van der Waals surface area contributed by atoms with Crippen molar-refractivity contribution in [3.63, 3.8) is 0 Å². The van der Waals surface area contributed by atoms with Gasteiger partial charge in [0.2, 0.25) is 0 Å². The second-order valence-electron chi connectivity index (χ2n) is 9.39. The number of hydrogen-bond donors (Lipinski definition) is 2. The monoisotopic (exact) mass is 516 g/mol. The van der Waals surface area contributed by atoms with Gasteiger partial charge in [0.15, 0.2) is 5.82 Å². The number of para-hydroxylation sites is 2. The van der Waals surface area contributed by atoms with Crippen LogP contribution in [-0.2, 0) is 11.3 Å². The molecule has 7 nitrogen and oxygen atoms in total. The zero-order valence-electron chi connectivity index (χ0n) is 21.0. The molecule has 0 aliphatic carbocycles. The van der Waals surface area contributed by atoms with Gasteiger partial charge in [-0.2, -0.15) is 0 Å². The van der Waals surface area contributed by atoms with Crippen LogP contribution in [0.25, 0.3) is 11.0 Å². The summed E-state index contributed by atoms with van der Waals surface area (Å²) in [6.07, 6.45) is 3.58. The highest BCUT2D eigenvalue weighted by atomic mass is 35.5. The Bertz CT molecular complexity index is 884. The molecular weight excluding hydrogens is 475 g/mol. The molecule has 1 aromatic heterocycles. The third-order valence-electron chi connectivity index (χ3n) is 6.56. The first-order valence-corrected chi connectivity index (χ1v) is 12.1. The maximum atomic E-state index is 14.2. The zero-order valence-corrected chi connectivity index (χ0v) is 22.6. The maximum Gasteiger partial charge on any atom is 0.290 e. The number of amides is 1. The number of imidazole rings is 1. The summed E-state index contributed by atoms with van der Waals surface area (Å²) < 4.78 is 7.26. The van der Waals surface area contributed by atoms with Crippen molar-refractivity contribution in [2.75, 3.05) is 33.4 Å². The van der Waals surface area contributed by atoms with E-state index >= 15 is 0 Å². The Kier molecular flexibility index (Phi) is 12.8. The van der Waals surface area contributed by atoms with Gasteiger partial charge in [-0.05, 0) is 56.7 Å². The van der Waals surface area contributed by atoms with E-state index in [9.17, 15) is 9.90 Å². The van der Waals surface area contributed by atoms with Gasteiger partial charge in [-0.25, -0.2) is 4.98 Å². The van der Waals surface area contributed by atoms with Crippen LogP contribution >= 0.6 is 24.8 Å². The molecule has 1 saturated heterocycles. The molecule has 1 aromatic carbocycles. The van der Waals surface area contributed by atoms with Crippen LogP contribution in [-0.4, -0.2) is 70.5 Å². The molecule has 1 fully saturated rings. The largest absolute Gasteiger partial charge is 0.391 e. The zero-order chi connectivity index (χ0) is 23.1. The number of piperidine rings is 1. The van der Waals surface area contributed by atoms with Gasteiger partial charge in [-0.1, -0.05) is 32.9 Å². The summed E-state index contributed by atoms with van der Waals surface area (Å²) in [5.74, 6) is 0.664. The van der Waals surface area contributed by atoms with E-state index in [4.69, 9.17) is 9.72 Å². The second kappa shape index (κ2) is 14.2. The summed E-state index contributed by atoms with van der Waals surface area (Å²) in [5, 5.41) is 14.6. The molecule has 2 aromatic rings. The highest BCUT2D eigenvalue weighted by molar-refractivity contribution is 5.95. The molecule has 1 aliphatic rings. The fraction of sp³-hybridized carbons (Fsp3) is 0.680. The van der Waals surface area contributed by atoms with E-state index in [0.717, 1.165) is 43.3 Å². The summed E-state index contributed by atoms with van der Waals surface area (Å²) >= 11 is 0. The molecule has 1 amide bonds. The lowest BCUT2D eigenvalue weighted by Gasteiger charge is -2.49. The number of carbonyl (C=O) groups is 1.